The molecule has 0 unspecified atom stereocenters. The number of nitrogens with zero attached hydrogens (tertiary/aromatic N) is 2. The van der Waals surface area contributed by atoms with Gasteiger partial charge in [-0.2, -0.15) is 0 Å². The zero-order valence-electron chi connectivity index (χ0n) is 8.03. The lowest BCUT2D eigenvalue weighted by Crippen LogP contribution is -2.17. The van der Waals surface area contributed by atoms with Crippen LogP contribution < -0.4 is 10.9 Å². The molecule has 2 heterocycles. The normalized spacial score (nSPS) is 10.1. The minimum absolute atomic E-state index is 0.206. The van der Waals surface area contributed by atoms with E-state index in [0.717, 1.165) is 12.1 Å². The van der Waals surface area contributed by atoms with Crippen LogP contribution in [0, 0.1) is 0 Å². The van der Waals surface area contributed by atoms with E-state index in [1.165, 1.54) is 6.20 Å². The van der Waals surface area contributed by atoms with Crippen LogP contribution in [-0.2, 0) is 6.42 Å². The van der Waals surface area contributed by atoms with E-state index in [-0.39, 0.29) is 5.56 Å². The molecule has 0 saturated carbocycles. The maximum absolute atomic E-state index is 11.2. The Hall–Kier alpha value is -2.11. The van der Waals surface area contributed by atoms with Gasteiger partial charge in [-0.1, -0.05) is 0 Å². The molecule has 3 N–H and O–H groups in total. The van der Waals surface area contributed by atoms with Gasteiger partial charge in [0.1, 0.15) is 0 Å². The molecule has 0 radical (unpaired) electrons. The fourth-order valence-electron chi connectivity index (χ4n) is 1.21. The lowest BCUT2D eigenvalue weighted by molar-refractivity contribution is 0.958. The Morgan fingerprint density at radius 1 is 1.40 bits per heavy atom. The molecule has 0 fully saturated rings. The van der Waals surface area contributed by atoms with Gasteiger partial charge in [0, 0.05) is 37.3 Å². The van der Waals surface area contributed by atoms with Gasteiger partial charge >= 0.3 is 0 Å². The minimum Gasteiger partial charge on any atom is -0.365 e. The Balaban J connectivity index is 1.89. The molecule has 0 spiro atoms. The second-order valence-corrected chi connectivity index (χ2v) is 3.02. The van der Waals surface area contributed by atoms with Crippen molar-refractivity contribution in [3.63, 3.8) is 0 Å². The molecule has 0 bridgehead atoms. The summed E-state index contributed by atoms with van der Waals surface area (Å²) in [5.41, 5.74) is 0.817. The SMILES string of the molecule is O=c1[nH]ccnc1NCCc1cnc[nH]1. The van der Waals surface area contributed by atoms with Crippen molar-refractivity contribution in [3.8, 4) is 0 Å². The Morgan fingerprint density at radius 3 is 3.07 bits per heavy atom. The summed E-state index contributed by atoms with van der Waals surface area (Å²) >= 11 is 0. The van der Waals surface area contributed by atoms with Gasteiger partial charge in [-0.05, 0) is 0 Å². The molecule has 0 aliphatic heterocycles. The Kier molecular flexibility index (Phi) is 2.77. The Bertz CT molecular complexity index is 461. The predicted molar refractivity (Wildman–Crippen MR) is 55.6 cm³/mol. The molecule has 0 aliphatic carbocycles. The van der Waals surface area contributed by atoms with Crippen LogP contribution in [0.3, 0.4) is 0 Å². The van der Waals surface area contributed by atoms with Crippen LogP contribution in [0.2, 0.25) is 0 Å². The smallest absolute Gasteiger partial charge is 0.290 e. The summed E-state index contributed by atoms with van der Waals surface area (Å²) in [6, 6.07) is 0. The Morgan fingerprint density at radius 2 is 2.33 bits per heavy atom. The number of aromatic amines is 2. The van der Waals surface area contributed by atoms with Crippen molar-refractivity contribution in [2.24, 2.45) is 0 Å². The third kappa shape index (κ3) is 2.43. The van der Waals surface area contributed by atoms with Crippen molar-refractivity contribution >= 4 is 5.82 Å². The molecule has 0 aromatic carbocycles. The molecule has 15 heavy (non-hydrogen) atoms. The first-order valence-electron chi connectivity index (χ1n) is 4.61. The number of hydrogen-bond acceptors (Lipinski definition) is 4. The summed E-state index contributed by atoms with van der Waals surface area (Å²) in [6.45, 7) is 0.641. The summed E-state index contributed by atoms with van der Waals surface area (Å²) in [5, 5.41) is 2.95. The van der Waals surface area contributed by atoms with Gasteiger partial charge < -0.3 is 15.3 Å². The molecular weight excluding hydrogens is 194 g/mol. The van der Waals surface area contributed by atoms with Crippen LogP contribution >= 0.6 is 0 Å². The first-order valence-corrected chi connectivity index (χ1v) is 4.61. The second kappa shape index (κ2) is 4.41. The maximum atomic E-state index is 11.2. The molecule has 2 aromatic rings. The van der Waals surface area contributed by atoms with Crippen LogP contribution in [0.1, 0.15) is 5.69 Å². The molecular formula is C9H11N5O. The minimum atomic E-state index is -0.206. The van der Waals surface area contributed by atoms with Gasteiger partial charge in [0.05, 0.1) is 6.33 Å². The monoisotopic (exact) mass is 205 g/mol. The van der Waals surface area contributed by atoms with Crippen molar-refractivity contribution in [1.29, 1.82) is 0 Å². The van der Waals surface area contributed by atoms with E-state index in [1.807, 2.05) is 0 Å². The molecule has 2 rings (SSSR count). The van der Waals surface area contributed by atoms with Crippen molar-refractivity contribution in [2.75, 3.05) is 11.9 Å². The van der Waals surface area contributed by atoms with Gasteiger partial charge in [0.2, 0.25) is 0 Å². The average Bonchev–Trinajstić information content (AvgIpc) is 2.74. The predicted octanol–water partition coefficient (Wildman–Crippen LogP) is 0.148. The number of aromatic nitrogens is 4. The number of rotatable bonds is 4. The molecule has 0 saturated heterocycles. The fourth-order valence-corrected chi connectivity index (χ4v) is 1.21. The van der Waals surface area contributed by atoms with E-state index in [1.54, 1.807) is 18.7 Å². The fraction of sp³-hybridized carbons (Fsp3) is 0.222. The zero-order chi connectivity index (χ0) is 10.5. The summed E-state index contributed by atoms with van der Waals surface area (Å²) in [4.78, 5) is 24.5. The number of hydrogen-bond donors (Lipinski definition) is 3. The second-order valence-electron chi connectivity index (χ2n) is 3.02. The van der Waals surface area contributed by atoms with Crippen molar-refractivity contribution in [3.05, 3.63) is 41.0 Å². The van der Waals surface area contributed by atoms with Gasteiger partial charge in [-0.3, -0.25) is 4.79 Å². The first kappa shape index (κ1) is 9.45. The highest BCUT2D eigenvalue weighted by Gasteiger charge is 1.98. The highest BCUT2D eigenvalue weighted by Crippen LogP contribution is 1.94. The molecule has 0 atom stereocenters. The van der Waals surface area contributed by atoms with E-state index in [0.29, 0.717) is 12.4 Å². The molecule has 0 amide bonds. The molecule has 0 aliphatic rings. The summed E-state index contributed by atoms with van der Waals surface area (Å²) in [5.74, 6) is 0.344. The highest BCUT2D eigenvalue weighted by atomic mass is 16.1. The number of anilines is 1. The van der Waals surface area contributed by atoms with E-state index < -0.39 is 0 Å². The number of H-pyrrole nitrogens is 2. The molecule has 2 aromatic heterocycles. The van der Waals surface area contributed by atoms with Gasteiger partial charge in [-0.15, -0.1) is 0 Å². The van der Waals surface area contributed by atoms with Crippen LogP contribution in [0.4, 0.5) is 5.82 Å². The topological polar surface area (TPSA) is 86.5 Å². The van der Waals surface area contributed by atoms with Crippen molar-refractivity contribution < 1.29 is 0 Å². The first-order chi connectivity index (χ1) is 7.36. The van der Waals surface area contributed by atoms with Gasteiger partial charge in [0.15, 0.2) is 5.82 Å². The van der Waals surface area contributed by atoms with E-state index in [2.05, 4.69) is 25.3 Å². The summed E-state index contributed by atoms with van der Waals surface area (Å²) in [7, 11) is 0. The third-order valence-corrected chi connectivity index (χ3v) is 1.95. The van der Waals surface area contributed by atoms with E-state index in [9.17, 15) is 4.79 Å². The largest absolute Gasteiger partial charge is 0.365 e. The summed E-state index contributed by atoms with van der Waals surface area (Å²) in [6.07, 6.45) is 7.20. The van der Waals surface area contributed by atoms with Crippen molar-refractivity contribution in [2.45, 2.75) is 6.42 Å². The lowest BCUT2D eigenvalue weighted by atomic mass is 10.3. The number of nitrogens with one attached hydrogen (secondary N) is 3. The maximum Gasteiger partial charge on any atom is 0.290 e. The van der Waals surface area contributed by atoms with Crippen LogP contribution in [-0.4, -0.2) is 26.5 Å². The standard InChI is InChI=1S/C9H11N5O/c15-9-8(12-3-4-13-9)11-2-1-7-5-10-6-14-7/h3-6H,1-2H2,(H,10,14)(H,11,12)(H,13,15). The Labute approximate surface area is 85.8 Å². The zero-order valence-corrected chi connectivity index (χ0v) is 8.03. The molecule has 6 nitrogen and oxygen atoms in total. The number of imidazole rings is 1. The van der Waals surface area contributed by atoms with E-state index in [4.69, 9.17) is 0 Å². The van der Waals surface area contributed by atoms with Crippen molar-refractivity contribution in [1.82, 2.24) is 19.9 Å². The lowest BCUT2D eigenvalue weighted by Gasteiger charge is -2.01. The van der Waals surface area contributed by atoms with Crippen LogP contribution in [0.25, 0.3) is 0 Å². The highest BCUT2D eigenvalue weighted by molar-refractivity contribution is 5.29. The third-order valence-electron chi connectivity index (χ3n) is 1.95. The molecule has 78 valence electrons. The summed E-state index contributed by atoms with van der Waals surface area (Å²) < 4.78 is 0. The van der Waals surface area contributed by atoms with Crippen LogP contribution in [0.15, 0.2) is 29.7 Å². The van der Waals surface area contributed by atoms with Gasteiger partial charge in [-0.25, -0.2) is 9.97 Å². The average molecular weight is 205 g/mol. The van der Waals surface area contributed by atoms with Crippen LogP contribution in [0.5, 0.6) is 0 Å². The molecule has 6 heteroatoms. The van der Waals surface area contributed by atoms with E-state index >= 15 is 0 Å². The quantitative estimate of drug-likeness (QED) is 0.663. The van der Waals surface area contributed by atoms with Gasteiger partial charge in [0.25, 0.3) is 5.56 Å².